The summed E-state index contributed by atoms with van der Waals surface area (Å²) >= 11 is 0. The quantitative estimate of drug-likeness (QED) is 0.528. The molecule has 0 N–H and O–H groups in total. The first-order chi connectivity index (χ1) is 14.1. The molecule has 0 atom stereocenters. The zero-order valence-electron chi connectivity index (χ0n) is 16.4. The van der Waals surface area contributed by atoms with Gasteiger partial charge in [0, 0.05) is 5.56 Å². The normalized spacial score (nSPS) is 10.3. The van der Waals surface area contributed by atoms with E-state index in [1.54, 1.807) is 43.5 Å². The van der Waals surface area contributed by atoms with Gasteiger partial charge in [-0.15, -0.1) is 0 Å². The number of carbonyl (C=O) groups excluding carboxylic acids is 1. The molecule has 3 rings (SSSR count). The van der Waals surface area contributed by atoms with Crippen molar-refractivity contribution in [2.24, 2.45) is 0 Å². The van der Waals surface area contributed by atoms with Gasteiger partial charge in [0.15, 0.2) is 29.6 Å². The first kappa shape index (κ1) is 20.0. The van der Waals surface area contributed by atoms with E-state index in [0.29, 0.717) is 28.6 Å². The average Bonchev–Trinajstić information content (AvgIpc) is 3.25. The van der Waals surface area contributed by atoms with Crippen LogP contribution in [0.3, 0.4) is 0 Å². The summed E-state index contributed by atoms with van der Waals surface area (Å²) in [6.07, 6.45) is 0. The summed E-state index contributed by atoms with van der Waals surface area (Å²) < 4.78 is 31.4. The van der Waals surface area contributed by atoms with Crippen LogP contribution in [0.1, 0.15) is 16.2 Å². The van der Waals surface area contributed by atoms with Gasteiger partial charge in [-0.25, -0.2) is 4.79 Å². The third kappa shape index (κ3) is 4.23. The van der Waals surface area contributed by atoms with Gasteiger partial charge in [-0.3, -0.25) is 0 Å². The summed E-state index contributed by atoms with van der Waals surface area (Å²) in [4.78, 5) is 16.7. The molecule has 1 aromatic heterocycles. The topological polar surface area (TPSA) is 102 Å². The summed E-state index contributed by atoms with van der Waals surface area (Å²) in [7, 11) is 6.02. The third-order valence-corrected chi connectivity index (χ3v) is 4.06. The molecule has 29 heavy (non-hydrogen) atoms. The van der Waals surface area contributed by atoms with Gasteiger partial charge < -0.3 is 28.2 Å². The number of rotatable bonds is 8. The second-order valence-electron chi connectivity index (χ2n) is 5.70. The van der Waals surface area contributed by atoms with E-state index in [2.05, 4.69) is 10.1 Å². The molecule has 0 fully saturated rings. The van der Waals surface area contributed by atoms with Crippen molar-refractivity contribution in [1.82, 2.24) is 10.1 Å². The summed E-state index contributed by atoms with van der Waals surface area (Å²) in [6, 6.07) is 10.2. The largest absolute Gasteiger partial charge is 0.493 e. The van der Waals surface area contributed by atoms with Crippen molar-refractivity contribution in [3.05, 3.63) is 47.9 Å². The smallest absolute Gasteiger partial charge is 0.342 e. The molecule has 0 saturated heterocycles. The van der Waals surface area contributed by atoms with E-state index in [1.807, 2.05) is 0 Å². The molecule has 2 aromatic carbocycles. The van der Waals surface area contributed by atoms with Crippen LogP contribution in [0.4, 0.5) is 0 Å². The van der Waals surface area contributed by atoms with Crippen LogP contribution in [-0.4, -0.2) is 44.5 Å². The summed E-state index contributed by atoms with van der Waals surface area (Å²) in [6.45, 7) is -0.195. The maximum Gasteiger partial charge on any atom is 0.342 e. The van der Waals surface area contributed by atoms with Gasteiger partial charge in [0.2, 0.25) is 5.82 Å². The minimum Gasteiger partial charge on any atom is -0.493 e. The first-order valence-corrected chi connectivity index (χ1v) is 8.54. The molecular weight excluding hydrogens is 380 g/mol. The van der Waals surface area contributed by atoms with Gasteiger partial charge in [0.05, 0.1) is 28.4 Å². The molecule has 0 aliphatic heterocycles. The molecule has 9 heteroatoms. The van der Waals surface area contributed by atoms with E-state index in [0.717, 1.165) is 0 Å². The Balaban J connectivity index is 1.72. The fourth-order valence-electron chi connectivity index (χ4n) is 2.66. The number of methoxy groups -OCH3 is 4. The lowest BCUT2D eigenvalue weighted by molar-refractivity contribution is 0.0425. The van der Waals surface area contributed by atoms with Crippen LogP contribution in [0.15, 0.2) is 40.9 Å². The van der Waals surface area contributed by atoms with E-state index in [1.165, 1.54) is 21.3 Å². The molecule has 0 spiro atoms. The molecule has 9 nitrogen and oxygen atoms in total. The highest BCUT2D eigenvalue weighted by Gasteiger charge is 2.19. The Hall–Kier alpha value is -3.75. The van der Waals surface area contributed by atoms with Gasteiger partial charge in [0.25, 0.3) is 5.89 Å². The third-order valence-electron chi connectivity index (χ3n) is 4.06. The number of esters is 1. The van der Waals surface area contributed by atoms with E-state index in [4.69, 9.17) is 28.2 Å². The van der Waals surface area contributed by atoms with Crippen LogP contribution in [0.5, 0.6) is 23.0 Å². The standard InChI is InChI=1S/C20H20N2O7/c1-24-14-9-8-12(10-16(14)26-3)19-21-17(29-22-19)11-28-20(23)13-6-5-7-15(25-2)18(13)27-4/h5-10H,11H2,1-4H3. The second kappa shape index (κ2) is 8.96. The van der Waals surface area contributed by atoms with Gasteiger partial charge in [-0.2, -0.15) is 4.98 Å². The average molecular weight is 400 g/mol. The second-order valence-corrected chi connectivity index (χ2v) is 5.70. The highest BCUT2D eigenvalue weighted by Crippen LogP contribution is 2.32. The maximum absolute atomic E-state index is 12.4. The fraction of sp³-hybridized carbons (Fsp3) is 0.250. The predicted molar refractivity (Wildman–Crippen MR) is 102 cm³/mol. The summed E-state index contributed by atoms with van der Waals surface area (Å²) in [5.41, 5.74) is 0.893. The van der Waals surface area contributed by atoms with Gasteiger partial charge in [-0.1, -0.05) is 11.2 Å². The molecule has 0 amide bonds. The minimum absolute atomic E-state index is 0.144. The van der Waals surface area contributed by atoms with Crippen molar-refractivity contribution in [3.8, 4) is 34.4 Å². The highest BCUT2D eigenvalue weighted by atomic mass is 16.6. The Morgan fingerprint density at radius 3 is 2.38 bits per heavy atom. The van der Waals surface area contributed by atoms with Crippen molar-refractivity contribution >= 4 is 5.97 Å². The first-order valence-electron chi connectivity index (χ1n) is 8.54. The summed E-state index contributed by atoms with van der Waals surface area (Å²) in [5, 5.41) is 3.91. The van der Waals surface area contributed by atoms with Crippen LogP contribution in [-0.2, 0) is 11.3 Å². The Kier molecular flexibility index (Phi) is 6.18. The molecule has 3 aromatic rings. The maximum atomic E-state index is 12.4. The molecule has 0 bridgehead atoms. The number of ether oxygens (including phenoxy) is 5. The van der Waals surface area contributed by atoms with Crippen LogP contribution >= 0.6 is 0 Å². The van der Waals surface area contributed by atoms with E-state index >= 15 is 0 Å². The molecule has 0 aliphatic carbocycles. The van der Waals surface area contributed by atoms with E-state index < -0.39 is 5.97 Å². The SMILES string of the molecule is COc1ccc(-c2noc(COC(=O)c3cccc(OC)c3OC)n2)cc1OC. The molecule has 0 radical (unpaired) electrons. The lowest BCUT2D eigenvalue weighted by atomic mass is 10.2. The monoisotopic (exact) mass is 400 g/mol. The molecular formula is C20H20N2O7. The van der Waals surface area contributed by atoms with E-state index in [9.17, 15) is 4.79 Å². The highest BCUT2D eigenvalue weighted by molar-refractivity contribution is 5.93. The Bertz CT molecular complexity index is 1000. The lowest BCUT2D eigenvalue weighted by Crippen LogP contribution is -2.08. The summed E-state index contributed by atoms with van der Waals surface area (Å²) in [5.74, 6) is 1.70. The Morgan fingerprint density at radius 2 is 1.69 bits per heavy atom. The molecule has 1 heterocycles. The molecule has 152 valence electrons. The van der Waals surface area contributed by atoms with Crippen molar-refractivity contribution < 1.29 is 33.0 Å². The lowest BCUT2D eigenvalue weighted by Gasteiger charge is -2.11. The zero-order valence-corrected chi connectivity index (χ0v) is 16.4. The van der Waals surface area contributed by atoms with Crippen LogP contribution < -0.4 is 18.9 Å². The minimum atomic E-state index is -0.605. The number of hydrogen-bond donors (Lipinski definition) is 0. The Labute approximate surface area is 167 Å². The van der Waals surface area contributed by atoms with Gasteiger partial charge in [0.1, 0.15) is 5.56 Å². The van der Waals surface area contributed by atoms with Crippen LogP contribution in [0.2, 0.25) is 0 Å². The fourth-order valence-corrected chi connectivity index (χ4v) is 2.66. The number of aromatic nitrogens is 2. The van der Waals surface area contributed by atoms with E-state index in [-0.39, 0.29) is 23.8 Å². The van der Waals surface area contributed by atoms with Crippen molar-refractivity contribution in [2.75, 3.05) is 28.4 Å². The molecule has 0 saturated carbocycles. The Morgan fingerprint density at radius 1 is 0.931 bits per heavy atom. The number of carbonyl (C=O) groups is 1. The van der Waals surface area contributed by atoms with Crippen LogP contribution in [0, 0.1) is 0 Å². The zero-order chi connectivity index (χ0) is 20.8. The number of hydrogen-bond acceptors (Lipinski definition) is 9. The van der Waals surface area contributed by atoms with Crippen molar-refractivity contribution in [1.29, 1.82) is 0 Å². The van der Waals surface area contributed by atoms with Crippen molar-refractivity contribution in [2.45, 2.75) is 6.61 Å². The van der Waals surface area contributed by atoms with Crippen LogP contribution in [0.25, 0.3) is 11.4 Å². The van der Waals surface area contributed by atoms with Gasteiger partial charge >= 0.3 is 5.97 Å². The molecule has 0 aliphatic rings. The number of benzene rings is 2. The van der Waals surface area contributed by atoms with Gasteiger partial charge in [-0.05, 0) is 30.3 Å². The predicted octanol–water partition coefficient (Wildman–Crippen LogP) is 3.13. The van der Waals surface area contributed by atoms with Crippen molar-refractivity contribution in [3.63, 3.8) is 0 Å². The number of nitrogens with zero attached hydrogens (tertiary/aromatic N) is 2. The number of para-hydroxylation sites is 1. The molecule has 0 unspecified atom stereocenters.